The van der Waals surface area contributed by atoms with E-state index in [1.165, 1.54) is 10.4 Å². The van der Waals surface area contributed by atoms with Gasteiger partial charge in [0, 0.05) is 13.8 Å². The highest BCUT2D eigenvalue weighted by atomic mass is 79.9. The molecule has 0 saturated carbocycles. The van der Waals surface area contributed by atoms with Crippen LogP contribution in [-0.4, -0.2) is 9.97 Å². The Morgan fingerprint density at radius 1 is 0.818 bits per heavy atom. The molecule has 0 spiro atoms. The van der Waals surface area contributed by atoms with Gasteiger partial charge in [0.2, 0.25) is 0 Å². The third kappa shape index (κ3) is 2.43. The van der Waals surface area contributed by atoms with Crippen LogP contribution in [0.2, 0.25) is 0 Å². The molecule has 0 amide bonds. The third-order valence-corrected chi connectivity index (χ3v) is 5.88. The van der Waals surface area contributed by atoms with E-state index in [9.17, 15) is 0 Å². The minimum atomic E-state index is 0.898. The predicted octanol–water partition coefficient (Wildman–Crippen LogP) is 6.48. The molecular weight excluding hydrogens is 424 g/mol. The summed E-state index contributed by atoms with van der Waals surface area (Å²) in [6.07, 6.45) is 0. The van der Waals surface area contributed by atoms with Crippen LogP contribution in [0.4, 0.5) is 0 Å². The molecule has 2 nitrogen and oxygen atoms in total. The van der Waals surface area contributed by atoms with Gasteiger partial charge in [-0.15, -0.1) is 11.3 Å². The second-order valence-electron chi connectivity index (χ2n) is 4.87. The first kappa shape index (κ1) is 14.2. The normalized spacial score (nSPS) is 11.2. The summed E-state index contributed by atoms with van der Waals surface area (Å²) in [6, 6.07) is 18.7. The lowest BCUT2D eigenvalue weighted by molar-refractivity contribution is 1.36. The number of hydrogen-bond acceptors (Lipinski definition) is 2. The first-order chi connectivity index (χ1) is 10.7. The number of aromatic nitrogens is 2. The summed E-state index contributed by atoms with van der Waals surface area (Å²) in [5, 5.41) is 0. The summed E-state index contributed by atoms with van der Waals surface area (Å²) in [4.78, 5) is 10.5. The fourth-order valence-corrected chi connectivity index (χ4v) is 4.16. The quantitative estimate of drug-likeness (QED) is 0.384. The highest BCUT2D eigenvalue weighted by Gasteiger charge is 2.12. The maximum Gasteiger partial charge on any atom is 0.148 e. The van der Waals surface area contributed by atoms with Gasteiger partial charge in [-0.05, 0) is 61.7 Å². The van der Waals surface area contributed by atoms with E-state index in [0.29, 0.717) is 0 Å². The lowest BCUT2D eigenvalue weighted by atomic mass is 10.2. The highest BCUT2D eigenvalue weighted by Crippen LogP contribution is 2.36. The number of benzene rings is 2. The number of H-pyrrole nitrogens is 1. The van der Waals surface area contributed by atoms with Crippen molar-refractivity contribution in [3.05, 3.63) is 63.5 Å². The minimum absolute atomic E-state index is 0.898. The molecule has 0 aliphatic carbocycles. The van der Waals surface area contributed by atoms with Gasteiger partial charge in [0.15, 0.2) is 0 Å². The monoisotopic (exact) mass is 432 g/mol. The Hall–Kier alpha value is -1.43. The number of nitrogens with one attached hydrogen (secondary N) is 1. The zero-order valence-corrected chi connectivity index (χ0v) is 15.3. The molecule has 0 bridgehead atoms. The van der Waals surface area contributed by atoms with Gasteiger partial charge >= 0.3 is 0 Å². The van der Waals surface area contributed by atoms with Gasteiger partial charge in [0.1, 0.15) is 11.3 Å². The predicted molar refractivity (Wildman–Crippen MR) is 100 cm³/mol. The van der Waals surface area contributed by atoms with Crippen LogP contribution in [0.15, 0.2) is 63.5 Å². The maximum absolute atomic E-state index is 4.73. The molecule has 0 radical (unpaired) electrons. The number of thiophene rings is 1. The molecule has 0 atom stereocenters. The lowest BCUT2D eigenvalue weighted by Crippen LogP contribution is -1.73. The zero-order chi connectivity index (χ0) is 15.1. The summed E-state index contributed by atoms with van der Waals surface area (Å²) in [5.74, 6) is 0.898. The molecule has 5 heteroatoms. The van der Waals surface area contributed by atoms with Crippen molar-refractivity contribution in [1.29, 1.82) is 0 Å². The summed E-state index contributed by atoms with van der Waals surface area (Å²) in [5.41, 5.74) is 3.19. The van der Waals surface area contributed by atoms with E-state index in [2.05, 4.69) is 73.2 Å². The Morgan fingerprint density at radius 3 is 2.32 bits per heavy atom. The number of nitrogens with zero attached hydrogens (tertiary/aromatic N) is 1. The zero-order valence-electron chi connectivity index (χ0n) is 11.3. The van der Waals surface area contributed by atoms with Crippen molar-refractivity contribution in [2.24, 2.45) is 0 Å². The first-order valence-electron chi connectivity index (χ1n) is 6.72. The van der Waals surface area contributed by atoms with Crippen LogP contribution in [0.1, 0.15) is 0 Å². The van der Waals surface area contributed by atoms with Gasteiger partial charge in [-0.1, -0.05) is 30.3 Å². The second kappa shape index (κ2) is 5.65. The van der Waals surface area contributed by atoms with Crippen molar-refractivity contribution in [3.63, 3.8) is 0 Å². The fraction of sp³-hybridized carbons (Fsp3) is 0. The van der Waals surface area contributed by atoms with E-state index in [4.69, 9.17) is 4.98 Å². The topological polar surface area (TPSA) is 28.7 Å². The first-order valence-corrected chi connectivity index (χ1v) is 9.12. The molecule has 4 aromatic rings. The van der Waals surface area contributed by atoms with Gasteiger partial charge in [-0.2, -0.15) is 0 Å². The van der Waals surface area contributed by atoms with Gasteiger partial charge in [-0.3, -0.25) is 0 Å². The molecule has 2 aromatic heterocycles. The molecule has 0 fully saturated rings. The van der Waals surface area contributed by atoms with Crippen LogP contribution in [0.25, 0.3) is 32.2 Å². The van der Waals surface area contributed by atoms with E-state index < -0.39 is 0 Å². The van der Waals surface area contributed by atoms with Gasteiger partial charge < -0.3 is 4.98 Å². The molecule has 4 rings (SSSR count). The number of aromatic amines is 1. The Balaban J connectivity index is 1.82. The Bertz CT molecular complexity index is 918. The van der Waals surface area contributed by atoms with E-state index in [-0.39, 0.29) is 0 Å². The fourth-order valence-electron chi connectivity index (χ4n) is 2.37. The van der Waals surface area contributed by atoms with Gasteiger partial charge in [0.05, 0.1) is 10.4 Å². The summed E-state index contributed by atoms with van der Waals surface area (Å²) >= 11 is 8.87. The molecule has 108 valence electrons. The van der Waals surface area contributed by atoms with Crippen LogP contribution < -0.4 is 0 Å². The van der Waals surface area contributed by atoms with E-state index >= 15 is 0 Å². The standard InChI is InChI=1S/C17H10Br2N2S/c18-11-6-7-12(19)16-15(11)20-17(21-16)14-9-8-13(22-14)10-4-2-1-3-5-10/h1-9H,(H,20,21). The molecule has 0 aliphatic heterocycles. The van der Waals surface area contributed by atoms with E-state index in [1.807, 2.05) is 18.2 Å². The smallest absolute Gasteiger partial charge is 0.148 e. The third-order valence-electron chi connectivity index (χ3n) is 3.44. The van der Waals surface area contributed by atoms with E-state index in [1.54, 1.807) is 11.3 Å². The van der Waals surface area contributed by atoms with Crippen LogP contribution in [0.5, 0.6) is 0 Å². The number of rotatable bonds is 2. The van der Waals surface area contributed by atoms with Crippen molar-refractivity contribution in [3.8, 4) is 21.1 Å². The highest BCUT2D eigenvalue weighted by molar-refractivity contribution is 9.11. The number of imidazole rings is 1. The number of hydrogen-bond donors (Lipinski definition) is 1. The van der Waals surface area contributed by atoms with Crippen molar-refractivity contribution < 1.29 is 0 Å². The van der Waals surface area contributed by atoms with Gasteiger partial charge in [-0.25, -0.2) is 4.98 Å². The molecule has 22 heavy (non-hydrogen) atoms. The largest absolute Gasteiger partial charge is 0.336 e. The number of halogens is 2. The summed E-state index contributed by atoms with van der Waals surface area (Å²) in [6.45, 7) is 0. The van der Waals surface area contributed by atoms with Crippen molar-refractivity contribution in [2.45, 2.75) is 0 Å². The average Bonchev–Trinajstić information content (AvgIpc) is 3.19. The molecule has 0 aliphatic rings. The number of fused-ring (bicyclic) bond motifs is 1. The molecule has 0 saturated heterocycles. The molecule has 0 unspecified atom stereocenters. The van der Waals surface area contributed by atoms with Crippen molar-refractivity contribution in [1.82, 2.24) is 9.97 Å². The van der Waals surface area contributed by atoms with Crippen molar-refractivity contribution >= 4 is 54.2 Å². The molecule has 1 N–H and O–H groups in total. The SMILES string of the molecule is Brc1ccc(Br)c2[nH]c(-c3ccc(-c4ccccc4)s3)nc12. The van der Waals surface area contributed by atoms with E-state index in [0.717, 1.165) is 30.7 Å². The van der Waals surface area contributed by atoms with Crippen LogP contribution in [0.3, 0.4) is 0 Å². The minimum Gasteiger partial charge on any atom is -0.336 e. The average molecular weight is 434 g/mol. The summed E-state index contributed by atoms with van der Waals surface area (Å²) < 4.78 is 2.01. The Labute approximate surface area is 148 Å². The Kier molecular flexibility index (Phi) is 3.64. The summed E-state index contributed by atoms with van der Waals surface area (Å²) in [7, 11) is 0. The molecule has 2 aromatic carbocycles. The van der Waals surface area contributed by atoms with Crippen molar-refractivity contribution in [2.75, 3.05) is 0 Å². The van der Waals surface area contributed by atoms with Crippen LogP contribution in [-0.2, 0) is 0 Å². The lowest BCUT2D eigenvalue weighted by Gasteiger charge is -1.94. The second-order valence-corrected chi connectivity index (χ2v) is 7.66. The van der Waals surface area contributed by atoms with Gasteiger partial charge in [0.25, 0.3) is 0 Å². The molecular formula is C17H10Br2N2S. The van der Waals surface area contributed by atoms with Crippen LogP contribution >= 0.6 is 43.2 Å². The Morgan fingerprint density at radius 2 is 1.55 bits per heavy atom. The van der Waals surface area contributed by atoms with Crippen LogP contribution in [0, 0.1) is 0 Å². The molecule has 2 heterocycles. The maximum atomic E-state index is 4.73.